The van der Waals surface area contributed by atoms with Gasteiger partial charge in [0.15, 0.2) is 4.77 Å². The molecule has 2 N–H and O–H groups in total. The lowest BCUT2D eigenvalue weighted by Gasteiger charge is -1.97. The van der Waals surface area contributed by atoms with Crippen LogP contribution in [0.25, 0.3) is 0 Å². The van der Waals surface area contributed by atoms with Crippen LogP contribution in [0.2, 0.25) is 10.4 Å². The monoisotopic (exact) mass is 512 g/mol. The molecule has 0 fully saturated rings. The number of halogens is 5. The Labute approximate surface area is 186 Å². The van der Waals surface area contributed by atoms with E-state index in [0.29, 0.717) is 9.92 Å². The van der Waals surface area contributed by atoms with Crippen LogP contribution in [0, 0.1) is 4.77 Å². The van der Waals surface area contributed by atoms with Crippen molar-refractivity contribution in [2.24, 2.45) is 0 Å². The van der Waals surface area contributed by atoms with Crippen LogP contribution < -0.4 is 5.56 Å². The Hall–Kier alpha value is -0.140. The zero-order valence-corrected chi connectivity index (χ0v) is 19.9. The summed E-state index contributed by atoms with van der Waals surface area (Å²) in [5.74, 6) is 0. The minimum atomic E-state index is -3.22. The number of aromatic nitrogens is 4. The number of hydrogen-bond acceptors (Lipinski definition) is 5. The van der Waals surface area contributed by atoms with Crippen LogP contribution in [0.1, 0.15) is 38.1 Å². The molecule has 27 heavy (non-hydrogen) atoms. The summed E-state index contributed by atoms with van der Waals surface area (Å²) >= 11 is 29.9. The lowest BCUT2D eigenvalue weighted by Crippen LogP contribution is -2.08. The van der Waals surface area contributed by atoms with E-state index in [1.807, 2.05) is 0 Å². The molecular weight excluding hydrogens is 496 g/mol. The van der Waals surface area contributed by atoms with Crippen LogP contribution in [-0.2, 0) is 17.4 Å². The Morgan fingerprint density at radius 3 is 2.04 bits per heavy atom. The second-order valence-corrected chi connectivity index (χ2v) is 12.7. The molecule has 2 aromatic heterocycles. The first-order valence-electron chi connectivity index (χ1n) is 7.65. The van der Waals surface area contributed by atoms with Crippen molar-refractivity contribution >= 4 is 74.3 Å². The molecule has 0 radical (unpaired) electrons. The molecule has 0 amide bonds. The predicted molar refractivity (Wildman–Crippen MR) is 117 cm³/mol. The van der Waals surface area contributed by atoms with Gasteiger partial charge in [-0.15, -0.1) is 0 Å². The number of aromatic amines is 2. The Morgan fingerprint density at radius 2 is 1.59 bits per heavy atom. The summed E-state index contributed by atoms with van der Waals surface area (Å²) in [6.07, 6.45) is 3.80. The number of aryl methyl sites for hydroxylation is 2. The lowest BCUT2D eigenvalue weighted by molar-refractivity contribution is 0.600. The summed E-state index contributed by atoms with van der Waals surface area (Å²) in [4.78, 5) is 24.0. The molecule has 0 bridgehead atoms. The molecule has 6 nitrogen and oxygen atoms in total. The molecule has 13 heteroatoms. The normalized spacial score (nSPS) is 10.3. The Balaban J connectivity index is 0.000000405. The summed E-state index contributed by atoms with van der Waals surface area (Å²) in [5.41, 5.74) is 1.68. The summed E-state index contributed by atoms with van der Waals surface area (Å²) in [6, 6.07) is 3.27. The van der Waals surface area contributed by atoms with E-state index >= 15 is 0 Å². The zero-order valence-electron chi connectivity index (χ0n) is 14.4. The highest BCUT2D eigenvalue weighted by Crippen LogP contribution is 2.61. The fraction of sp³-hybridized carbons (Fsp3) is 0.429. The first kappa shape index (κ1) is 26.9. The van der Waals surface area contributed by atoms with Crippen LogP contribution in [-0.4, -0.2) is 19.9 Å². The third-order valence-electron chi connectivity index (χ3n) is 2.56. The maximum Gasteiger partial charge on any atom is 0.339 e. The number of H-pyrrole nitrogens is 2. The quantitative estimate of drug-likeness (QED) is 0.200. The van der Waals surface area contributed by atoms with Crippen molar-refractivity contribution in [3.63, 3.8) is 0 Å². The minimum absolute atomic E-state index is 0.128. The molecule has 152 valence electrons. The third-order valence-corrected chi connectivity index (χ3v) is 3.13. The molecule has 2 heterocycles. The fourth-order valence-corrected chi connectivity index (χ4v) is 2.42. The average Bonchev–Trinajstić information content (AvgIpc) is 2.44. The van der Waals surface area contributed by atoms with Gasteiger partial charge in [-0.25, -0.2) is 9.97 Å². The van der Waals surface area contributed by atoms with Gasteiger partial charge in [-0.3, -0.25) is 14.3 Å². The highest BCUT2D eigenvalue weighted by molar-refractivity contribution is 8.24. The molecule has 0 spiro atoms. The molecule has 0 atom stereocenters. The molecule has 0 saturated heterocycles. The van der Waals surface area contributed by atoms with Gasteiger partial charge in [-0.2, -0.15) is 0 Å². The van der Waals surface area contributed by atoms with E-state index in [-0.39, 0.29) is 10.8 Å². The Bertz CT molecular complexity index is 814. The van der Waals surface area contributed by atoms with Crippen molar-refractivity contribution < 1.29 is 4.57 Å². The van der Waals surface area contributed by atoms with Crippen LogP contribution >= 0.6 is 74.3 Å². The minimum Gasteiger partial charge on any atom is -0.336 e. The van der Waals surface area contributed by atoms with Crippen LogP contribution in [0.3, 0.4) is 0 Å². The smallest absolute Gasteiger partial charge is 0.336 e. The first-order valence-corrected chi connectivity index (χ1v) is 13.2. The molecule has 2 rings (SSSR count). The summed E-state index contributed by atoms with van der Waals surface area (Å²) in [6.45, 7) is 4.13. The average molecular weight is 515 g/mol. The highest BCUT2D eigenvalue weighted by atomic mass is 36.0. The molecular formula is C14H18Cl5N4O2PS. The fourth-order valence-electron chi connectivity index (χ4n) is 1.74. The predicted octanol–water partition coefficient (Wildman–Crippen LogP) is 6.93. The van der Waals surface area contributed by atoms with E-state index in [4.69, 9.17) is 35.4 Å². The maximum atomic E-state index is 10.8. The third kappa shape index (κ3) is 16.5. The van der Waals surface area contributed by atoms with E-state index in [2.05, 4.69) is 67.5 Å². The molecule has 0 unspecified atom stereocenters. The summed E-state index contributed by atoms with van der Waals surface area (Å²) in [7, 11) is 0. The number of hydrogen-bond donors (Lipinski definition) is 2. The second-order valence-electron chi connectivity index (χ2n) is 4.96. The molecule has 0 aromatic carbocycles. The maximum absolute atomic E-state index is 10.8. The van der Waals surface area contributed by atoms with Crippen molar-refractivity contribution in [2.45, 2.75) is 39.5 Å². The van der Waals surface area contributed by atoms with Gasteiger partial charge < -0.3 is 4.98 Å². The SMILES string of the molecule is CCCc1cc(=O)[nH]c(=S)[nH]1.CCCc1cc(Cl)nc(Cl)n1.O=P(Cl)(Cl)Cl. The van der Waals surface area contributed by atoms with Gasteiger partial charge in [0.25, 0.3) is 5.56 Å². The molecule has 0 aliphatic rings. The van der Waals surface area contributed by atoms with Crippen LogP contribution in [0.15, 0.2) is 16.9 Å². The van der Waals surface area contributed by atoms with Crippen LogP contribution in [0.5, 0.6) is 0 Å². The second kappa shape index (κ2) is 13.9. The van der Waals surface area contributed by atoms with E-state index in [0.717, 1.165) is 37.1 Å². The van der Waals surface area contributed by atoms with Crippen LogP contribution in [0.4, 0.5) is 0 Å². The Kier molecular flexibility index (Phi) is 13.9. The van der Waals surface area contributed by atoms with Gasteiger partial charge in [-0.05, 0) is 76.4 Å². The summed E-state index contributed by atoms with van der Waals surface area (Å²) in [5, 5.41) is -2.59. The van der Waals surface area contributed by atoms with Gasteiger partial charge in [0.05, 0.1) is 0 Å². The number of nitrogens with zero attached hydrogens (tertiary/aromatic N) is 2. The molecule has 0 aliphatic heterocycles. The molecule has 0 aliphatic carbocycles. The number of nitrogens with one attached hydrogen (secondary N) is 2. The van der Waals surface area contributed by atoms with Gasteiger partial charge in [-0.1, -0.05) is 38.3 Å². The zero-order chi connectivity index (χ0) is 21.0. The number of rotatable bonds is 4. The van der Waals surface area contributed by atoms with E-state index in [9.17, 15) is 9.36 Å². The van der Waals surface area contributed by atoms with Crippen molar-refractivity contribution in [3.8, 4) is 0 Å². The van der Waals surface area contributed by atoms with E-state index in [1.54, 1.807) is 12.1 Å². The summed E-state index contributed by atoms with van der Waals surface area (Å²) < 4.78 is 9.92. The largest absolute Gasteiger partial charge is 0.339 e. The lowest BCUT2D eigenvalue weighted by atomic mass is 10.2. The van der Waals surface area contributed by atoms with Gasteiger partial charge in [0.1, 0.15) is 5.15 Å². The van der Waals surface area contributed by atoms with Crippen molar-refractivity contribution in [1.29, 1.82) is 0 Å². The molecule has 0 saturated carbocycles. The van der Waals surface area contributed by atoms with Gasteiger partial charge in [0, 0.05) is 17.5 Å². The topological polar surface area (TPSA) is 91.5 Å². The van der Waals surface area contributed by atoms with E-state index < -0.39 is 5.20 Å². The first-order chi connectivity index (χ1) is 12.4. The Morgan fingerprint density at radius 1 is 1.04 bits per heavy atom. The van der Waals surface area contributed by atoms with Crippen molar-refractivity contribution in [1.82, 2.24) is 19.9 Å². The molecule has 2 aromatic rings. The van der Waals surface area contributed by atoms with Crippen molar-refractivity contribution in [2.75, 3.05) is 0 Å². The van der Waals surface area contributed by atoms with Gasteiger partial charge >= 0.3 is 5.20 Å². The highest BCUT2D eigenvalue weighted by Gasteiger charge is 2.03. The van der Waals surface area contributed by atoms with Gasteiger partial charge in [0.2, 0.25) is 5.28 Å². The standard InChI is InChI=1S/C7H8Cl2N2.C7H10N2OS.Cl3OP/c1-2-3-5-4-6(8)11-7(9)10-5;1-2-3-5-4-6(10)9-7(11)8-5;1-5(2,3)4/h4H,2-3H2,1H3;4H,2-3H2,1H3,(H2,8,9,10,11);. The van der Waals surface area contributed by atoms with E-state index in [1.165, 1.54) is 0 Å². The van der Waals surface area contributed by atoms with Crippen molar-refractivity contribution in [3.05, 3.63) is 49.1 Å².